The SMILES string of the molecule is CCCn1ncc(-c2nc(C3CCOCC3)nn2CC2COCCO2)c1C. The second-order valence-electron chi connectivity index (χ2n) is 7.30. The van der Waals surface area contributed by atoms with E-state index in [2.05, 4.69) is 18.9 Å². The summed E-state index contributed by atoms with van der Waals surface area (Å²) in [5, 5.41) is 9.43. The van der Waals surface area contributed by atoms with Crippen LogP contribution in [-0.4, -0.2) is 63.7 Å². The predicted molar refractivity (Wildman–Crippen MR) is 99.6 cm³/mol. The Morgan fingerprint density at radius 2 is 1.96 bits per heavy atom. The Morgan fingerprint density at radius 1 is 1.11 bits per heavy atom. The zero-order valence-corrected chi connectivity index (χ0v) is 16.3. The van der Waals surface area contributed by atoms with E-state index in [4.69, 9.17) is 24.3 Å². The molecular formula is C19H29N5O3. The molecule has 2 aromatic rings. The molecule has 0 bridgehead atoms. The molecule has 2 fully saturated rings. The highest BCUT2D eigenvalue weighted by molar-refractivity contribution is 5.57. The van der Waals surface area contributed by atoms with E-state index in [0.29, 0.717) is 32.3 Å². The molecular weight excluding hydrogens is 346 g/mol. The summed E-state index contributed by atoms with van der Waals surface area (Å²) in [4.78, 5) is 4.95. The van der Waals surface area contributed by atoms with Crippen molar-refractivity contribution >= 4 is 0 Å². The smallest absolute Gasteiger partial charge is 0.161 e. The number of aromatic nitrogens is 5. The highest BCUT2D eigenvalue weighted by Gasteiger charge is 2.26. The number of hydrogen-bond donors (Lipinski definition) is 0. The van der Waals surface area contributed by atoms with Gasteiger partial charge in [0.25, 0.3) is 0 Å². The van der Waals surface area contributed by atoms with Crippen molar-refractivity contribution in [1.29, 1.82) is 0 Å². The van der Waals surface area contributed by atoms with Crippen LogP contribution < -0.4 is 0 Å². The van der Waals surface area contributed by atoms with Gasteiger partial charge in [-0.25, -0.2) is 9.67 Å². The van der Waals surface area contributed by atoms with E-state index in [0.717, 1.165) is 61.9 Å². The van der Waals surface area contributed by atoms with Crippen molar-refractivity contribution in [3.8, 4) is 11.4 Å². The molecule has 0 radical (unpaired) electrons. The van der Waals surface area contributed by atoms with Gasteiger partial charge < -0.3 is 14.2 Å². The van der Waals surface area contributed by atoms with Crippen molar-refractivity contribution in [1.82, 2.24) is 24.5 Å². The summed E-state index contributed by atoms with van der Waals surface area (Å²) >= 11 is 0. The maximum atomic E-state index is 5.85. The monoisotopic (exact) mass is 375 g/mol. The minimum Gasteiger partial charge on any atom is -0.381 e. The number of rotatable bonds is 6. The van der Waals surface area contributed by atoms with Crippen molar-refractivity contribution in [3.05, 3.63) is 17.7 Å². The summed E-state index contributed by atoms with van der Waals surface area (Å²) in [5.74, 6) is 2.14. The summed E-state index contributed by atoms with van der Waals surface area (Å²) in [6.07, 6.45) is 4.92. The summed E-state index contributed by atoms with van der Waals surface area (Å²) < 4.78 is 20.9. The summed E-state index contributed by atoms with van der Waals surface area (Å²) in [6, 6.07) is 0. The number of aryl methyl sites for hydroxylation is 1. The molecule has 4 rings (SSSR count). The third-order valence-corrected chi connectivity index (χ3v) is 5.32. The summed E-state index contributed by atoms with van der Waals surface area (Å²) in [7, 11) is 0. The molecule has 148 valence electrons. The van der Waals surface area contributed by atoms with E-state index in [1.165, 1.54) is 0 Å². The van der Waals surface area contributed by atoms with Crippen LogP contribution in [0.4, 0.5) is 0 Å². The second-order valence-corrected chi connectivity index (χ2v) is 7.30. The first-order valence-corrected chi connectivity index (χ1v) is 10.0. The first-order valence-electron chi connectivity index (χ1n) is 10.0. The van der Waals surface area contributed by atoms with Crippen LogP contribution in [0.3, 0.4) is 0 Å². The molecule has 4 heterocycles. The molecule has 0 spiro atoms. The molecule has 0 saturated carbocycles. The third-order valence-electron chi connectivity index (χ3n) is 5.32. The topological polar surface area (TPSA) is 76.2 Å². The lowest BCUT2D eigenvalue weighted by molar-refractivity contribution is -0.0945. The van der Waals surface area contributed by atoms with E-state index in [1.54, 1.807) is 0 Å². The lowest BCUT2D eigenvalue weighted by Crippen LogP contribution is -2.32. The van der Waals surface area contributed by atoms with Crippen LogP contribution in [0.5, 0.6) is 0 Å². The molecule has 2 aromatic heterocycles. The fourth-order valence-electron chi connectivity index (χ4n) is 3.75. The summed E-state index contributed by atoms with van der Waals surface area (Å²) in [5.41, 5.74) is 2.18. The Hall–Kier alpha value is -1.77. The van der Waals surface area contributed by atoms with Crippen LogP contribution in [0.1, 0.15) is 43.6 Å². The van der Waals surface area contributed by atoms with E-state index in [9.17, 15) is 0 Å². The fraction of sp³-hybridized carbons (Fsp3) is 0.737. The average molecular weight is 375 g/mol. The van der Waals surface area contributed by atoms with Crippen LogP contribution >= 0.6 is 0 Å². The van der Waals surface area contributed by atoms with Gasteiger partial charge in [-0.15, -0.1) is 0 Å². The molecule has 0 aliphatic carbocycles. The van der Waals surface area contributed by atoms with Crippen molar-refractivity contribution in [3.63, 3.8) is 0 Å². The largest absolute Gasteiger partial charge is 0.381 e. The Bertz CT molecular complexity index is 745. The molecule has 2 aliphatic heterocycles. The maximum absolute atomic E-state index is 5.85. The molecule has 0 N–H and O–H groups in total. The van der Waals surface area contributed by atoms with E-state index < -0.39 is 0 Å². The van der Waals surface area contributed by atoms with Gasteiger partial charge >= 0.3 is 0 Å². The second kappa shape index (κ2) is 8.50. The number of hydrogen-bond acceptors (Lipinski definition) is 6. The normalized spacial score (nSPS) is 21.6. The molecule has 8 nitrogen and oxygen atoms in total. The maximum Gasteiger partial charge on any atom is 0.161 e. The van der Waals surface area contributed by atoms with Crippen LogP contribution in [0.15, 0.2) is 6.20 Å². The highest BCUT2D eigenvalue weighted by atomic mass is 16.6. The van der Waals surface area contributed by atoms with Crippen molar-refractivity contribution < 1.29 is 14.2 Å². The van der Waals surface area contributed by atoms with E-state index in [1.807, 2.05) is 15.6 Å². The van der Waals surface area contributed by atoms with E-state index in [-0.39, 0.29) is 6.10 Å². The van der Waals surface area contributed by atoms with Crippen molar-refractivity contribution in [2.75, 3.05) is 33.0 Å². The molecule has 0 aromatic carbocycles. The lowest BCUT2D eigenvalue weighted by atomic mass is 10.00. The minimum absolute atomic E-state index is 0.00716. The molecule has 8 heteroatoms. The quantitative estimate of drug-likeness (QED) is 0.770. The average Bonchev–Trinajstić information content (AvgIpc) is 3.27. The first kappa shape index (κ1) is 18.6. The molecule has 2 saturated heterocycles. The van der Waals surface area contributed by atoms with Gasteiger partial charge in [-0.1, -0.05) is 6.92 Å². The van der Waals surface area contributed by atoms with E-state index >= 15 is 0 Å². The predicted octanol–water partition coefficient (Wildman–Crippen LogP) is 2.17. The van der Waals surface area contributed by atoms with Gasteiger partial charge in [0, 0.05) is 31.4 Å². The number of ether oxygens (including phenoxy) is 3. The Kier molecular flexibility index (Phi) is 5.85. The zero-order chi connectivity index (χ0) is 18.6. The van der Waals surface area contributed by atoms with Crippen LogP contribution in [0.25, 0.3) is 11.4 Å². The van der Waals surface area contributed by atoms with Gasteiger partial charge in [-0.2, -0.15) is 10.2 Å². The third kappa shape index (κ3) is 4.07. The Balaban J connectivity index is 1.65. The lowest BCUT2D eigenvalue weighted by Gasteiger charge is -2.23. The van der Waals surface area contributed by atoms with Crippen LogP contribution in [0, 0.1) is 6.92 Å². The van der Waals surface area contributed by atoms with Gasteiger partial charge in [0.1, 0.15) is 6.10 Å². The first-order chi connectivity index (χ1) is 13.3. The minimum atomic E-state index is 0.00716. The highest BCUT2D eigenvalue weighted by Crippen LogP contribution is 2.29. The van der Waals surface area contributed by atoms with Crippen molar-refractivity contribution in [2.24, 2.45) is 0 Å². The van der Waals surface area contributed by atoms with Gasteiger partial charge in [-0.3, -0.25) is 4.68 Å². The van der Waals surface area contributed by atoms with Gasteiger partial charge in [-0.05, 0) is 26.2 Å². The standard InChI is InChI=1S/C19H29N5O3/c1-3-6-23-14(2)17(11-20-23)19-21-18(15-4-7-25-8-5-15)22-24(19)12-16-13-26-9-10-27-16/h11,15-16H,3-10,12-13H2,1-2H3. The molecule has 2 aliphatic rings. The molecule has 27 heavy (non-hydrogen) atoms. The summed E-state index contributed by atoms with van der Waals surface area (Å²) in [6.45, 7) is 9.27. The van der Waals surface area contributed by atoms with Gasteiger partial charge in [0.05, 0.1) is 38.1 Å². The zero-order valence-electron chi connectivity index (χ0n) is 16.3. The Morgan fingerprint density at radius 3 is 2.70 bits per heavy atom. The van der Waals surface area contributed by atoms with Crippen LogP contribution in [0.2, 0.25) is 0 Å². The Labute approximate surface area is 159 Å². The van der Waals surface area contributed by atoms with Gasteiger partial charge in [0.2, 0.25) is 0 Å². The van der Waals surface area contributed by atoms with Crippen LogP contribution in [-0.2, 0) is 27.3 Å². The van der Waals surface area contributed by atoms with Crippen molar-refractivity contribution in [2.45, 2.75) is 58.2 Å². The number of nitrogens with zero attached hydrogens (tertiary/aromatic N) is 5. The molecule has 1 atom stereocenters. The molecule has 1 unspecified atom stereocenters. The molecule has 0 amide bonds. The fourth-order valence-corrected chi connectivity index (χ4v) is 3.75. The van der Waals surface area contributed by atoms with Gasteiger partial charge in [0.15, 0.2) is 11.6 Å².